The molecule has 0 aromatic carbocycles. The lowest BCUT2D eigenvalue weighted by Crippen LogP contribution is -2.50. The Bertz CT molecular complexity index is 772. The maximum absolute atomic E-state index is 12.3. The van der Waals surface area contributed by atoms with Gasteiger partial charge in [-0.05, 0) is 12.1 Å². The van der Waals surface area contributed by atoms with Crippen LogP contribution in [-0.4, -0.2) is 63.8 Å². The van der Waals surface area contributed by atoms with E-state index >= 15 is 0 Å². The van der Waals surface area contributed by atoms with Crippen LogP contribution in [0.4, 0.5) is 5.82 Å². The minimum atomic E-state index is -0.507. The molecule has 1 aliphatic heterocycles. The Morgan fingerprint density at radius 3 is 2.68 bits per heavy atom. The van der Waals surface area contributed by atoms with Crippen molar-refractivity contribution >= 4 is 29.4 Å². The maximum atomic E-state index is 12.3. The van der Waals surface area contributed by atoms with Crippen molar-refractivity contribution in [1.29, 1.82) is 0 Å². The molecule has 3 rings (SSSR count). The molecule has 0 saturated carbocycles. The number of thioether (sulfide) groups is 1. The Hall–Kier alpha value is -2.62. The summed E-state index contributed by atoms with van der Waals surface area (Å²) in [4.78, 5) is 31.8. The van der Waals surface area contributed by atoms with E-state index in [1.54, 1.807) is 30.2 Å². The number of nitrogens with zero attached hydrogens (tertiary/aromatic N) is 5. The number of piperazine rings is 1. The van der Waals surface area contributed by atoms with Gasteiger partial charge in [-0.25, -0.2) is 4.98 Å². The van der Waals surface area contributed by atoms with Gasteiger partial charge in [-0.3, -0.25) is 9.59 Å². The zero-order chi connectivity index (χ0) is 17.8. The molecule has 10 heteroatoms. The third kappa shape index (κ3) is 4.08. The van der Waals surface area contributed by atoms with Crippen molar-refractivity contribution in [3.8, 4) is 0 Å². The number of amides is 2. The quantitative estimate of drug-likeness (QED) is 0.755. The molecule has 0 spiro atoms. The van der Waals surface area contributed by atoms with Crippen LogP contribution in [0, 0.1) is 6.92 Å². The second-order valence-corrected chi connectivity index (χ2v) is 6.41. The van der Waals surface area contributed by atoms with Crippen molar-refractivity contribution in [3.63, 3.8) is 0 Å². The summed E-state index contributed by atoms with van der Waals surface area (Å²) in [5.74, 6) is 0.795. The molecule has 0 unspecified atom stereocenters. The van der Waals surface area contributed by atoms with Crippen molar-refractivity contribution in [2.45, 2.75) is 12.1 Å². The highest BCUT2D eigenvalue weighted by atomic mass is 32.2. The first kappa shape index (κ1) is 17.2. The average molecular weight is 362 g/mol. The van der Waals surface area contributed by atoms with Gasteiger partial charge < -0.3 is 20.0 Å². The third-order valence-electron chi connectivity index (χ3n) is 3.81. The van der Waals surface area contributed by atoms with Gasteiger partial charge >= 0.3 is 0 Å². The summed E-state index contributed by atoms with van der Waals surface area (Å²) < 4.78 is 5.24. The summed E-state index contributed by atoms with van der Waals surface area (Å²) in [5.41, 5.74) is 5.79. The number of rotatable bonds is 5. The number of anilines is 1. The van der Waals surface area contributed by atoms with E-state index in [0.29, 0.717) is 48.7 Å². The van der Waals surface area contributed by atoms with Crippen molar-refractivity contribution in [2.24, 2.45) is 5.73 Å². The molecule has 25 heavy (non-hydrogen) atoms. The summed E-state index contributed by atoms with van der Waals surface area (Å²) in [6.07, 6.45) is 1.63. The largest absolute Gasteiger partial charge is 0.416 e. The fourth-order valence-electron chi connectivity index (χ4n) is 2.56. The first-order valence-corrected chi connectivity index (χ1v) is 8.73. The van der Waals surface area contributed by atoms with E-state index in [1.165, 1.54) is 11.8 Å². The summed E-state index contributed by atoms with van der Waals surface area (Å²) in [7, 11) is 0. The number of aryl methyl sites for hydroxylation is 1. The molecule has 9 nitrogen and oxygen atoms in total. The number of primary amides is 1. The maximum Gasteiger partial charge on any atom is 0.277 e. The van der Waals surface area contributed by atoms with Gasteiger partial charge in [0.05, 0.1) is 11.3 Å². The molecule has 0 atom stereocenters. The van der Waals surface area contributed by atoms with Crippen LogP contribution in [0.15, 0.2) is 28.0 Å². The molecule has 2 aromatic rings. The molecule has 2 N–H and O–H groups in total. The third-order valence-corrected chi connectivity index (χ3v) is 4.61. The van der Waals surface area contributed by atoms with Crippen LogP contribution >= 0.6 is 11.8 Å². The van der Waals surface area contributed by atoms with E-state index in [-0.39, 0.29) is 11.7 Å². The van der Waals surface area contributed by atoms with Crippen LogP contribution in [0.5, 0.6) is 0 Å². The van der Waals surface area contributed by atoms with Gasteiger partial charge in [0.25, 0.3) is 11.1 Å². The number of pyridine rings is 1. The fraction of sp³-hybridized carbons (Fsp3) is 0.400. The van der Waals surface area contributed by atoms with E-state index in [1.807, 2.05) is 4.90 Å². The highest BCUT2D eigenvalue weighted by Gasteiger charge is 2.24. The monoisotopic (exact) mass is 362 g/mol. The fourth-order valence-corrected chi connectivity index (χ4v) is 3.27. The Morgan fingerprint density at radius 1 is 1.28 bits per heavy atom. The van der Waals surface area contributed by atoms with Gasteiger partial charge in [0, 0.05) is 39.3 Å². The smallest absolute Gasteiger partial charge is 0.277 e. The van der Waals surface area contributed by atoms with Crippen LogP contribution < -0.4 is 10.6 Å². The molecule has 0 radical (unpaired) electrons. The number of aromatic nitrogens is 3. The number of carbonyl (C=O) groups excluding carboxylic acids is 2. The molecule has 3 heterocycles. The molecular formula is C15H18N6O3S. The molecular weight excluding hydrogens is 344 g/mol. The molecule has 0 bridgehead atoms. The Morgan fingerprint density at radius 2 is 2.04 bits per heavy atom. The molecule has 1 saturated heterocycles. The SMILES string of the molecule is Cc1nnc(SCC(=O)N2CCN(c3ncccc3C(N)=O)CC2)o1. The lowest BCUT2D eigenvalue weighted by Gasteiger charge is -2.35. The van der Waals surface area contributed by atoms with Crippen LogP contribution in [0.1, 0.15) is 16.2 Å². The van der Waals surface area contributed by atoms with E-state index in [2.05, 4.69) is 15.2 Å². The highest BCUT2D eigenvalue weighted by Crippen LogP contribution is 2.20. The number of carbonyl (C=O) groups is 2. The van der Waals surface area contributed by atoms with Crippen molar-refractivity contribution in [2.75, 3.05) is 36.8 Å². The second kappa shape index (κ2) is 7.51. The molecule has 1 aliphatic rings. The van der Waals surface area contributed by atoms with Crippen LogP contribution in [-0.2, 0) is 4.79 Å². The first-order valence-electron chi connectivity index (χ1n) is 7.75. The van der Waals surface area contributed by atoms with Crippen molar-refractivity contribution < 1.29 is 14.0 Å². The number of nitrogens with two attached hydrogens (primary N) is 1. The lowest BCUT2D eigenvalue weighted by atomic mass is 10.2. The second-order valence-electron chi connectivity index (χ2n) is 5.48. The summed E-state index contributed by atoms with van der Waals surface area (Å²) >= 11 is 1.23. The molecule has 132 valence electrons. The van der Waals surface area contributed by atoms with Crippen LogP contribution in [0.2, 0.25) is 0 Å². The van der Waals surface area contributed by atoms with Crippen molar-refractivity contribution in [1.82, 2.24) is 20.1 Å². The number of hydrogen-bond donors (Lipinski definition) is 1. The molecule has 0 aliphatic carbocycles. The Balaban J connectivity index is 1.55. The predicted molar refractivity (Wildman–Crippen MR) is 91.3 cm³/mol. The minimum absolute atomic E-state index is 0.0108. The van der Waals surface area contributed by atoms with E-state index in [4.69, 9.17) is 10.2 Å². The zero-order valence-corrected chi connectivity index (χ0v) is 14.5. The number of hydrogen-bond acceptors (Lipinski definition) is 8. The molecule has 1 fully saturated rings. The Kier molecular flexibility index (Phi) is 5.17. The lowest BCUT2D eigenvalue weighted by molar-refractivity contribution is -0.128. The normalized spacial score (nSPS) is 14.6. The zero-order valence-electron chi connectivity index (χ0n) is 13.7. The average Bonchev–Trinajstić information content (AvgIpc) is 3.05. The van der Waals surface area contributed by atoms with Gasteiger partial charge in [-0.1, -0.05) is 11.8 Å². The highest BCUT2D eigenvalue weighted by molar-refractivity contribution is 7.99. The van der Waals surface area contributed by atoms with E-state index < -0.39 is 5.91 Å². The predicted octanol–water partition coefficient (Wildman–Crippen LogP) is 0.313. The topological polar surface area (TPSA) is 118 Å². The minimum Gasteiger partial charge on any atom is -0.416 e. The van der Waals surface area contributed by atoms with Gasteiger partial charge in [0.2, 0.25) is 11.8 Å². The first-order chi connectivity index (χ1) is 12.0. The standard InChI is InChI=1S/C15H18N6O3S/c1-10-18-19-15(24-10)25-9-12(22)20-5-7-21(8-6-20)14-11(13(16)23)3-2-4-17-14/h2-4H,5-9H2,1H3,(H2,16,23). The van der Waals surface area contributed by atoms with Crippen LogP contribution in [0.25, 0.3) is 0 Å². The van der Waals surface area contributed by atoms with Gasteiger partial charge in [-0.2, -0.15) is 0 Å². The Labute approximate surface area is 148 Å². The van der Waals surface area contributed by atoms with Gasteiger partial charge in [0.1, 0.15) is 5.82 Å². The van der Waals surface area contributed by atoms with Crippen LogP contribution in [0.3, 0.4) is 0 Å². The molecule has 2 aromatic heterocycles. The van der Waals surface area contributed by atoms with Gasteiger partial charge in [-0.15, -0.1) is 10.2 Å². The summed E-state index contributed by atoms with van der Waals surface area (Å²) in [5, 5.41) is 7.98. The summed E-state index contributed by atoms with van der Waals surface area (Å²) in [6, 6.07) is 3.34. The summed E-state index contributed by atoms with van der Waals surface area (Å²) in [6.45, 7) is 3.99. The van der Waals surface area contributed by atoms with E-state index in [0.717, 1.165) is 0 Å². The molecule has 2 amide bonds. The van der Waals surface area contributed by atoms with Crippen molar-refractivity contribution in [3.05, 3.63) is 29.8 Å². The van der Waals surface area contributed by atoms with E-state index in [9.17, 15) is 9.59 Å². The van der Waals surface area contributed by atoms with Gasteiger partial charge in [0.15, 0.2) is 0 Å².